The molecule has 1 saturated carbocycles. The molecule has 4 aromatic rings. The minimum atomic E-state index is -0.882. The number of aromatic nitrogens is 4. The Kier molecular flexibility index (Phi) is 7.11. The van der Waals surface area contributed by atoms with Gasteiger partial charge in [-0.1, -0.05) is 42.3 Å². The number of hydrogen-bond acceptors (Lipinski definition) is 7. The Morgan fingerprint density at radius 1 is 1.24 bits per heavy atom. The molecule has 1 N–H and O–H groups in total. The normalized spacial score (nSPS) is 14.6. The molecule has 194 valence electrons. The number of carboxylic acids is 1. The van der Waals surface area contributed by atoms with Gasteiger partial charge in [0.2, 0.25) is 5.88 Å². The Hall–Kier alpha value is -3.87. The van der Waals surface area contributed by atoms with Crippen molar-refractivity contribution in [3.8, 4) is 29.1 Å². The van der Waals surface area contributed by atoms with E-state index >= 15 is 0 Å². The van der Waals surface area contributed by atoms with E-state index in [1.165, 1.54) is 6.33 Å². The fourth-order valence-electron chi connectivity index (χ4n) is 3.94. The van der Waals surface area contributed by atoms with Gasteiger partial charge in [0.25, 0.3) is 0 Å². The number of hydrogen-bond donors (Lipinski definition) is 1. The molecule has 2 heterocycles. The van der Waals surface area contributed by atoms with Gasteiger partial charge in [0.05, 0.1) is 24.1 Å². The van der Waals surface area contributed by atoms with E-state index in [9.17, 15) is 10.1 Å². The van der Waals surface area contributed by atoms with Crippen molar-refractivity contribution in [1.29, 1.82) is 5.26 Å². The first kappa shape index (κ1) is 25.8. The van der Waals surface area contributed by atoms with Gasteiger partial charge in [0, 0.05) is 23.4 Å². The van der Waals surface area contributed by atoms with Crippen LogP contribution in [0.4, 0.5) is 0 Å². The Labute approximate surface area is 228 Å². The lowest BCUT2D eigenvalue weighted by molar-refractivity contribution is -0.141. The summed E-state index contributed by atoms with van der Waals surface area (Å²) in [5, 5.41) is 19.6. The summed E-state index contributed by atoms with van der Waals surface area (Å²) >= 11 is 12.9. The van der Waals surface area contributed by atoms with Gasteiger partial charge >= 0.3 is 5.97 Å². The number of aliphatic carboxylic acids is 1. The largest absolute Gasteiger partial charge is 0.494 e. The molecular formula is C27H23Cl2N5O4. The van der Waals surface area contributed by atoms with E-state index in [1.54, 1.807) is 31.2 Å². The molecule has 0 radical (unpaired) electrons. The van der Waals surface area contributed by atoms with Gasteiger partial charge in [-0.3, -0.25) is 4.79 Å². The van der Waals surface area contributed by atoms with Crippen LogP contribution >= 0.6 is 23.2 Å². The maximum atomic E-state index is 11.0. The fraction of sp³-hybridized carbons (Fsp3) is 0.296. The van der Waals surface area contributed by atoms with E-state index in [0.29, 0.717) is 64.2 Å². The van der Waals surface area contributed by atoms with Crippen LogP contribution in [-0.2, 0) is 11.3 Å². The number of fused-ring (bicyclic) bond motifs is 1. The predicted molar refractivity (Wildman–Crippen MR) is 141 cm³/mol. The van der Waals surface area contributed by atoms with Gasteiger partial charge in [-0.2, -0.15) is 10.2 Å². The van der Waals surface area contributed by atoms with Crippen molar-refractivity contribution in [2.45, 2.75) is 38.3 Å². The summed E-state index contributed by atoms with van der Waals surface area (Å²) in [4.78, 5) is 24.6. The number of benzene rings is 2. The highest BCUT2D eigenvalue weighted by Gasteiger charge is 2.47. The monoisotopic (exact) mass is 551 g/mol. The number of imidazole rings is 1. The average Bonchev–Trinajstić information content (AvgIpc) is 3.58. The molecule has 1 atom stereocenters. The number of carboxylic acid groups (broad SMARTS) is 1. The summed E-state index contributed by atoms with van der Waals surface area (Å²) in [5.74, 6) is -0.0896. The van der Waals surface area contributed by atoms with Crippen LogP contribution in [-0.4, -0.2) is 42.8 Å². The molecule has 9 nitrogen and oxygen atoms in total. The molecule has 5 rings (SSSR count). The molecule has 0 spiro atoms. The van der Waals surface area contributed by atoms with Crippen molar-refractivity contribution >= 4 is 40.3 Å². The van der Waals surface area contributed by atoms with Gasteiger partial charge in [-0.15, -0.1) is 0 Å². The minimum absolute atomic E-state index is 0.240. The summed E-state index contributed by atoms with van der Waals surface area (Å²) in [6.45, 7) is 2.27. The van der Waals surface area contributed by atoms with Crippen molar-refractivity contribution in [3.63, 3.8) is 0 Å². The Morgan fingerprint density at radius 3 is 2.74 bits per heavy atom. The van der Waals surface area contributed by atoms with Crippen LogP contribution < -0.4 is 9.47 Å². The highest BCUT2D eigenvalue weighted by atomic mass is 35.5. The number of nitrogens with zero attached hydrogens (tertiary/aromatic N) is 5. The molecular weight excluding hydrogens is 529 g/mol. The Bertz CT molecular complexity index is 1560. The smallest absolute Gasteiger partial charge is 0.306 e. The van der Waals surface area contributed by atoms with Gasteiger partial charge in [-0.25, -0.2) is 9.97 Å². The molecule has 11 heteroatoms. The Morgan fingerprint density at radius 2 is 2.05 bits per heavy atom. The molecule has 1 aliphatic rings. The number of ether oxygens (including phenoxy) is 2. The fourth-order valence-corrected chi connectivity index (χ4v) is 4.41. The molecule has 0 amide bonds. The highest BCUT2D eigenvalue weighted by Crippen LogP contribution is 2.41. The zero-order valence-corrected chi connectivity index (χ0v) is 21.9. The van der Waals surface area contributed by atoms with E-state index in [-0.39, 0.29) is 12.5 Å². The number of carbonyl (C=O) groups is 1. The van der Waals surface area contributed by atoms with Crippen molar-refractivity contribution in [3.05, 3.63) is 64.4 Å². The second-order valence-corrected chi connectivity index (χ2v) is 10.1. The van der Waals surface area contributed by atoms with E-state index in [2.05, 4.69) is 16.0 Å². The van der Waals surface area contributed by atoms with Crippen molar-refractivity contribution in [2.24, 2.45) is 5.92 Å². The zero-order chi connectivity index (χ0) is 26.9. The molecule has 1 fully saturated rings. The van der Waals surface area contributed by atoms with Crippen LogP contribution in [0.3, 0.4) is 0 Å². The maximum absolute atomic E-state index is 11.0. The predicted octanol–water partition coefficient (Wildman–Crippen LogP) is 5.77. The standard InChI is InChI=1S/C27H23Cl2N5O4/c1-16(26(35)36)7-10-37-19-5-6-20(21(29)12-19)23-33-22-24(34(23)13-17-3-2-4-18(28)11-17)31-15-32-25(22)38-27(14-30)8-9-27/h2-6,11-12,15-16H,7-10,13H2,1H3,(H,35,36)/t16-/m1/s1. The van der Waals surface area contributed by atoms with Crippen molar-refractivity contribution in [1.82, 2.24) is 19.5 Å². The number of nitriles is 1. The lowest BCUT2D eigenvalue weighted by Crippen LogP contribution is -2.16. The third-order valence-electron chi connectivity index (χ3n) is 6.35. The van der Waals surface area contributed by atoms with Crippen LogP contribution in [0.1, 0.15) is 31.7 Å². The quantitative estimate of drug-likeness (QED) is 0.263. The molecule has 2 aromatic carbocycles. The second-order valence-electron chi connectivity index (χ2n) is 9.23. The van der Waals surface area contributed by atoms with E-state index in [1.807, 2.05) is 22.8 Å². The molecule has 0 bridgehead atoms. The summed E-state index contributed by atoms with van der Waals surface area (Å²) in [5.41, 5.74) is 1.62. The van der Waals surface area contributed by atoms with Crippen LogP contribution in [0.25, 0.3) is 22.6 Å². The molecule has 0 aliphatic heterocycles. The molecule has 1 aliphatic carbocycles. The van der Waals surface area contributed by atoms with Gasteiger partial charge in [0.1, 0.15) is 24.0 Å². The second kappa shape index (κ2) is 10.5. The van der Waals surface area contributed by atoms with Gasteiger partial charge in [0.15, 0.2) is 16.8 Å². The topological polar surface area (TPSA) is 123 Å². The number of halogens is 2. The first-order valence-electron chi connectivity index (χ1n) is 12.0. The molecule has 0 saturated heterocycles. The van der Waals surface area contributed by atoms with Gasteiger partial charge < -0.3 is 19.1 Å². The lowest BCUT2D eigenvalue weighted by Gasteiger charge is -2.13. The van der Waals surface area contributed by atoms with Crippen LogP contribution in [0.15, 0.2) is 48.8 Å². The third-order valence-corrected chi connectivity index (χ3v) is 6.90. The van der Waals surface area contributed by atoms with Crippen LogP contribution in [0, 0.1) is 17.2 Å². The zero-order valence-electron chi connectivity index (χ0n) is 20.4. The molecule has 0 unspecified atom stereocenters. The van der Waals surface area contributed by atoms with E-state index in [4.69, 9.17) is 42.8 Å². The first-order valence-corrected chi connectivity index (χ1v) is 12.8. The average molecular weight is 552 g/mol. The third kappa shape index (κ3) is 5.37. The summed E-state index contributed by atoms with van der Waals surface area (Å²) in [6, 6.07) is 14.9. The minimum Gasteiger partial charge on any atom is -0.494 e. The maximum Gasteiger partial charge on any atom is 0.306 e. The van der Waals surface area contributed by atoms with Crippen LogP contribution in [0.2, 0.25) is 10.0 Å². The SMILES string of the molecule is C[C@H](CCOc1ccc(-c2nc3c(OC4(C#N)CC4)ncnc3n2Cc2cccc(Cl)c2)c(Cl)c1)C(=O)O. The highest BCUT2D eigenvalue weighted by molar-refractivity contribution is 6.33. The molecule has 2 aromatic heterocycles. The summed E-state index contributed by atoms with van der Waals surface area (Å²) in [6.07, 6.45) is 3.02. The van der Waals surface area contributed by atoms with Crippen molar-refractivity contribution in [2.75, 3.05) is 6.61 Å². The first-order chi connectivity index (χ1) is 18.3. The lowest BCUT2D eigenvalue weighted by atomic mass is 10.1. The Balaban J connectivity index is 1.53. The molecule has 38 heavy (non-hydrogen) atoms. The summed E-state index contributed by atoms with van der Waals surface area (Å²) in [7, 11) is 0. The van der Waals surface area contributed by atoms with E-state index in [0.717, 1.165) is 5.56 Å². The van der Waals surface area contributed by atoms with E-state index < -0.39 is 17.5 Å². The van der Waals surface area contributed by atoms with Crippen LogP contribution in [0.5, 0.6) is 11.6 Å². The van der Waals surface area contributed by atoms with Crippen molar-refractivity contribution < 1.29 is 19.4 Å². The number of rotatable bonds is 10. The summed E-state index contributed by atoms with van der Waals surface area (Å²) < 4.78 is 13.6. The van der Waals surface area contributed by atoms with Gasteiger partial charge in [-0.05, 0) is 42.3 Å².